The summed E-state index contributed by atoms with van der Waals surface area (Å²) in [6, 6.07) is 0. The molecule has 0 amide bonds. The molecule has 0 spiro atoms. The molecule has 0 aromatic carbocycles. The van der Waals surface area contributed by atoms with Crippen molar-refractivity contribution < 1.29 is 4.57 Å². The minimum absolute atomic E-state index is 0.681. The zero-order chi connectivity index (χ0) is 14.3. The summed E-state index contributed by atoms with van der Waals surface area (Å²) in [5.41, 5.74) is 0. The third-order valence-electron chi connectivity index (χ3n) is 4.56. The van der Waals surface area contributed by atoms with Gasteiger partial charge in [0.25, 0.3) is 0 Å². The lowest BCUT2D eigenvalue weighted by atomic mass is 9.91. The van der Waals surface area contributed by atoms with Crippen molar-refractivity contribution in [2.75, 3.05) is 32.3 Å². The summed E-state index contributed by atoms with van der Waals surface area (Å²) in [5.74, 6) is 0.681. The maximum atomic E-state index is 13.7. The summed E-state index contributed by atoms with van der Waals surface area (Å²) in [4.78, 5) is 0. The van der Waals surface area contributed by atoms with Gasteiger partial charge in [0, 0.05) is 32.3 Å². The van der Waals surface area contributed by atoms with Crippen molar-refractivity contribution >= 4 is 7.44 Å². The van der Waals surface area contributed by atoms with E-state index in [1.807, 2.05) is 0 Å². The van der Waals surface area contributed by atoms with Crippen LogP contribution in [0.3, 0.4) is 0 Å². The van der Waals surface area contributed by atoms with Gasteiger partial charge in [-0.1, -0.05) is 47.0 Å². The van der Waals surface area contributed by atoms with Gasteiger partial charge in [-0.3, -0.25) is 4.57 Å². The Labute approximate surface area is 120 Å². The topological polar surface area (TPSA) is 23.6 Å². The van der Waals surface area contributed by atoms with Crippen molar-refractivity contribution in [3.63, 3.8) is 0 Å². The lowest BCUT2D eigenvalue weighted by Crippen LogP contribution is -2.35. The average molecular weight is 288 g/mol. The maximum absolute atomic E-state index is 13.7. The minimum Gasteiger partial charge on any atom is -0.289 e. The predicted molar refractivity (Wildman–Crippen MR) is 84.9 cm³/mol. The first-order valence-electron chi connectivity index (χ1n) is 8.22. The van der Waals surface area contributed by atoms with Crippen molar-refractivity contribution in [3.8, 4) is 0 Å². The standard InChI is InChI=1S/C15H33N2OP/c1-5-16(6-2)19(18,17(7-3)8-4)14-15-12-10-9-11-13-15/h15H,5-14H2,1-4H3. The van der Waals surface area contributed by atoms with Crippen molar-refractivity contribution in [2.24, 2.45) is 5.92 Å². The summed E-state index contributed by atoms with van der Waals surface area (Å²) in [6.45, 7) is 12.2. The van der Waals surface area contributed by atoms with Gasteiger partial charge >= 0.3 is 0 Å². The fourth-order valence-electron chi connectivity index (χ4n) is 3.45. The zero-order valence-electron chi connectivity index (χ0n) is 13.4. The van der Waals surface area contributed by atoms with Crippen LogP contribution in [0.15, 0.2) is 0 Å². The van der Waals surface area contributed by atoms with Crippen LogP contribution in [0.5, 0.6) is 0 Å². The van der Waals surface area contributed by atoms with E-state index in [2.05, 4.69) is 37.0 Å². The summed E-state index contributed by atoms with van der Waals surface area (Å²) >= 11 is 0. The van der Waals surface area contributed by atoms with Crippen molar-refractivity contribution in [1.82, 2.24) is 9.34 Å². The van der Waals surface area contributed by atoms with Gasteiger partial charge in [-0.15, -0.1) is 0 Å². The fraction of sp³-hybridized carbons (Fsp3) is 1.00. The lowest BCUT2D eigenvalue weighted by Gasteiger charge is -2.40. The fourth-order valence-corrected chi connectivity index (χ4v) is 7.07. The van der Waals surface area contributed by atoms with Gasteiger partial charge in [-0.2, -0.15) is 0 Å². The molecule has 1 saturated carbocycles. The maximum Gasteiger partial charge on any atom is 0.216 e. The molecule has 19 heavy (non-hydrogen) atoms. The first-order chi connectivity index (χ1) is 9.12. The quantitative estimate of drug-likeness (QED) is 0.617. The van der Waals surface area contributed by atoms with Gasteiger partial charge in [0.2, 0.25) is 7.44 Å². The Morgan fingerprint density at radius 2 is 1.26 bits per heavy atom. The predicted octanol–water partition coefficient (Wildman–Crippen LogP) is 4.44. The Hall–Kier alpha value is 0.150. The molecule has 0 saturated heterocycles. The summed E-state index contributed by atoms with van der Waals surface area (Å²) in [5, 5.41) is 0. The Balaban J connectivity index is 2.86. The third kappa shape index (κ3) is 4.31. The van der Waals surface area contributed by atoms with Crippen LogP contribution in [0.2, 0.25) is 0 Å². The van der Waals surface area contributed by atoms with Gasteiger partial charge < -0.3 is 0 Å². The highest BCUT2D eigenvalue weighted by molar-refractivity contribution is 7.59. The third-order valence-corrected chi connectivity index (χ3v) is 8.46. The number of rotatable bonds is 8. The molecule has 0 atom stereocenters. The van der Waals surface area contributed by atoms with Gasteiger partial charge in [0.15, 0.2) is 0 Å². The highest BCUT2D eigenvalue weighted by atomic mass is 31.2. The van der Waals surface area contributed by atoms with Crippen molar-refractivity contribution in [2.45, 2.75) is 59.8 Å². The molecule has 0 aromatic heterocycles. The van der Waals surface area contributed by atoms with Crippen LogP contribution in [-0.2, 0) is 4.57 Å². The normalized spacial score (nSPS) is 18.4. The molecule has 0 heterocycles. The molecule has 0 bridgehead atoms. The second kappa shape index (κ2) is 8.44. The smallest absolute Gasteiger partial charge is 0.216 e. The Kier molecular flexibility index (Phi) is 7.64. The van der Waals surface area contributed by atoms with Gasteiger partial charge in [-0.25, -0.2) is 9.34 Å². The average Bonchev–Trinajstić information content (AvgIpc) is 2.42. The van der Waals surface area contributed by atoms with Crippen molar-refractivity contribution in [1.29, 1.82) is 0 Å². The molecule has 0 aromatic rings. The van der Waals surface area contributed by atoms with E-state index in [4.69, 9.17) is 0 Å². The van der Waals surface area contributed by atoms with E-state index in [-0.39, 0.29) is 0 Å². The molecule has 3 nitrogen and oxygen atoms in total. The summed E-state index contributed by atoms with van der Waals surface area (Å²) < 4.78 is 18.1. The molecule has 1 aliphatic carbocycles. The molecule has 4 heteroatoms. The van der Waals surface area contributed by atoms with Crippen LogP contribution in [0, 0.1) is 5.92 Å². The highest BCUT2D eigenvalue weighted by Crippen LogP contribution is 2.55. The SMILES string of the molecule is CCN(CC)P(=O)(CC1CCCCC1)N(CC)CC. The molecule has 1 aliphatic rings. The van der Waals surface area contributed by atoms with Gasteiger partial charge in [0.05, 0.1) is 0 Å². The Bertz CT molecular complexity index is 266. The lowest BCUT2D eigenvalue weighted by molar-refractivity contribution is 0.330. The molecule has 1 fully saturated rings. The van der Waals surface area contributed by atoms with Crippen LogP contribution >= 0.6 is 7.44 Å². The van der Waals surface area contributed by atoms with E-state index < -0.39 is 7.44 Å². The molecule has 0 radical (unpaired) electrons. The first-order valence-corrected chi connectivity index (χ1v) is 10.0. The van der Waals surface area contributed by atoms with Crippen LogP contribution in [-0.4, -0.2) is 41.7 Å². The van der Waals surface area contributed by atoms with E-state index >= 15 is 0 Å². The van der Waals surface area contributed by atoms with Crippen LogP contribution in [0.25, 0.3) is 0 Å². The number of hydrogen-bond acceptors (Lipinski definition) is 1. The first kappa shape index (κ1) is 17.2. The van der Waals surface area contributed by atoms with E-state index in [1.165, 1.54) is 32.1 Å². The molecular weight excluding hydrogens is 255 g/mol. The Morgan fingerprint density at radius 3 is 1.63 bits per heavy atom. The molecule has 114 valence electrons. The zero-order valence-corrected chi connectivity index (χ0v) is 14.3. The van der Waals surface area contributed by atoms with Crippen LogP contribution < -0.4 is 0 Å². The number of hydrogen-bond donors (Lipinski definition) is 0. The monoisotopic (exact) mass is 288 g/mol. The molecule has 0 N–H and O–H groups in total. The van der Waals surface area contributed by atoms with Crippen molar-refractivity contribution in [3.05, 3.63) is 0 Å². The molecule has 0 unspecified atom stereocenters. The van der Waals surface area contributed by atoms with E-state index in [0.29, 0.717) is 5.92 Å². The van der Waals surface area contributed by atoms with Crippen LogP contribution in [0.1, 0.15) is 59.8 Å². The molecule has 1 rings (SSSR count). The second-order valence-corrected chi connectivity index (χ2v) is 8.45. The van der Waals surface area contributed by atoms with E-state index in [1.54, 1.807) is 0 Å². The van der Waals surface area contributed by atoms with Crippen LogP contribution in [0.4, 0.5) is 0 Å². The highest BCUT2D eigenvalue weighted by Gasteiger charge is 2.36. The molecule has 0 aliphatic heterocycles. The largest absolute Gasteiger partial charge is 0.289 e. The minimum atomic E-state index is -2.34. The second-order valence-electron chi connectivity index (χ2n) is 5.63. The van der Waals surface area contributed by atoms with E-state index in [0.717, 1.165) is 32.3 Å². The van der Waals surface area contributed by atoms with E-state index in [9.17, 15) is 4.57 Å². The van der Waals surface area contributed by atoms with Gasteiger partial charge in [0.1, 0.15) is 0 Å². The summed E-state index contributed by atoms with van der Waals surface area (Å²) in [7, 11) is -2.34. The van der Waals surface area contributed by atoms with Gasteiger partial charge in [-0.05, 0) is 18.8 Å². The Morgan fingerprint density at radius 1 is 0.842 bits per heavy atom. The molecular formula is C15H33N2OP. The summed E-state index contributed by atoms with van der Waals surface area (Å²) in [6.07, 6.45) is 7.52. The number of nitrogens with zero attached hydrogens (tertiary/aromatic N) is 2.